The highest BCUT2D eigenvalue weighted by Crippen LogP contribution is 2.28. The van der Waals surface area contributed by atoms with Gasteiger partial charge in [-0.2, -0.15) is 0 Å². The lowest BCUT2D eigenvalue weighted by atomic mass is 10.2. The Balaban J connectivity index is 1.63. The molecule has 1 heterocycles. The fraction of sp³-hybridized carbons (Fsp3) is 0.182. The lowest BCUT2D eigenvalue weighted by Gasteiger charge is -2.13. The molecule has 0 aliphatic rings. The van der Waals surface area contributed by atoms with Crippen LogP contribution < -0.4 is 10.6 Å². The number of nitrogens with one attached hydrogen (secondary N) is 2. The van der Waals surface area contributed by atoms with Gasteiger partial charge in [-0.15, -0.1) is 16.8 Å². The standard InChI is InChI=1S/C22H19F4N5O2S/c1-3-10-31-20(13-6-4-5-7-14(13)23)29-30-22(31)34-12(2)21(33)27-11-17(32)28-16-9-8-15(24)18(25)19(16)26/h3-9,12H,1,10-11H2,2H3,(H,27,33)(H,28,32). The topological polar surface area (TPSA) is 88.9 Å². The van der Waals surface area contributed by atoms with Crippen LogP contribution in [0.1, 0.15) is 6.92 Å². The molecule has 0 spiro atoms. The van der Waals surface area contributed by atoms with E-state index in [1.54, 1.807) is 35.8 Å². The quantitative estimate of drug-likeness (QED) is 0.204. The molecule has 1 atom stereocenters. The monoisotopic (exact) mass is 493 g/mol. The number of rotatable bonds is 9. The molecule has 0 aliphatic heterocycles. The normalized spacial score (nSPS) is 11.7. The highest BCUT2D eigenvalue weighted by molar-refractivity contribution is 8.00. The summed E-state index contributed by atoms with van der Waals surface area (Å²) in [5.41, 5.74) is -0.319. The van der Waals surface area contributed by atoms with Crippen LogP contribution in [0.4, 0.5) is 23.2 Å². The van der Waals surface area contributed by atoms with E-state index in [1.807, 2.05) is 0 Å². The number of amides is 2. The van der Waals surface area contributed by atoms with Crippen LogP contribution in [0, 0.1) is 23.3 Å². The van der Waals surface area contributed by atoms with Gasteiger partial charge < -0.3 is 10.6 Å². The molecule has 0 saturated carbocycles. The van der Waals surface area contributed by atoms with Gasteiger partial charge in [0, 0.05) is 6.54 Å². The third-order valence-corrected chi connectivity index (χ3v) is 5.61. The fourth-order valence-electron chi connectivity index (χ4n) is 2.85. The summed E-state index contributed by atoms with van der Waals surface area (Å²) >= 11 is 1.03. The Bertz CT molecular complexity index is 1230. The summed E-state index contributed by atoms with van der Waals surface area (Å²) in [6.45, 7) is 4.95. The Morgan fingerprint density at radius 3 is 2.53 bits per heavy atom. The average molecular weight is 493 g/mol. The van der Waals surface area contributed by atoms with Crippen molar-refractivity contribution in [3.8, 4) is 11.4 Å². The zero-order valence-electron chi connectivity index (χ0n) is 17.8. The van der Waals surface area contributed by atoms with Crippen molar-refractivity contribution in [1.82, 2.24) is 20.1 Å². The second-order valence-electron chi connectivity index (χ2n) is 6.93. The molecule has 178 valence electrons. The van der Waals surface area contributed by atoms with Crippen molar-refractivity contribution in [3.63, 3.8) is 0 Å². The average Bonchev–Trinajstić information content (AvgIpc) is 3.20. The zero-order valence-corrected chi connectivity index (χ0v) is 18.6. The number of halogens is 4. The first kappa shape index (κ1) is 25.0. The molecule has 3 aromatic rings. The summed E-state index contributed by atoms with van der Waals surface area (Å²) in [7, 11) is 0. The molecule has 0 fully saturated rings. The Labute approximate surface area is 196 Å². The Morgan fingerprint density at radius 2 is 1.82 bits per heavy atom. The van der Waals surface area contributed by atoms with E-state index in [-0.39, 0.29) is 17.9 Å². The third kappa shape index (κ3) is 5.63. The maximum Gasteiger partial charge on any atom is 0.243 e. The van der Waals surface area contributed by atoms with Gasteiger partial charge in [-0.05, 0) is 31.2 Å². The van der Waals surface area contributed by atoms with Gasteiger partial charge in [-0.1, -0.05) is 30.0 Å². The third-order valence-electron chi connectivity index (χ3n) is 4.53. The van der Waals surface area contributed by atoms with E-state index in [2.05, 4.69) is 27.4 Å². The lowest BCUT2D eigenvalue weighted by molar-refractivity contribution is -0.123. The number of benzene rings is 2. The van der Waals surface area contributed by atoms with Gasteiger partial charge in [-0.25, -0.2) is 17.6 Å². The Morgan fingerprint density at radius 1 is 1.09 bits per heavy atom. The first-order valence-corrected chi connectivity index (χ1v) is 10.8. The molecule has 3 rings (SSSR count). The molecule has 2 N–H and O–H groups in total. The van der Waals surface area contributed by atoms with E-state index >= 15 is 0 Å². The van der Waals surface area contributed by atoms with Crippen molar-refractivity contribution in [2.45, 2.75) is 23.9 Å². The number of hydrogen-bond donors (Lipinski definition) is 2. The summed E-state index contributed by atoms with van der Waals surface area (Å²) in [5, 5.41) is 12.1. The van der Waals surface area contributed by atoms with E-state index in [1.165, 1.54) is 6.07 Å². The Kier molecular flexibility index (Phi) is 8.05. The van der Waals surface area contributed by atoms with Crippen LogP contribution in [0.5, 0.6) is 0 Å². The maximum atomic E-state index is 14.2. The fourth-order valence-corrected chi connectivity index (χ4v) is 3.73. The van der Waals surface area contributed by atoms with Gasteiger partial charge in [0.05, 0.1) is 23.0 Å². The number of carbonyl (C=O) groups excluding carboxylic acids is 2. The molecule has 2 aromatic carbocycles. The van der Waals surface area contributed by atoms with Crippen LogP contribution in [0.15, 0.2) is 54.2 Å². The molecule has 0 bridgehead atoms. The van der Waals surface area contributed by atoms with Gasteiger partial charge >= 0.3 is 0 Å². The highest BCUT2D eigenvalue weighted by atomic mass is 32.2. The molecule has 0 saturated heterocycles. The van der Waals surface area contributed by atoms with Crippen molar-refractivity contribution < 1.29 is 27.2 Å². The van der Waals surface area contributed by atoms with Crippen LogP contribution in [0.3, 0.4) is 0 Å². The summed E-state index contributed by atoms with van der Waals surface area (Å²) < 4.78 is 55.8. The predicted octanol–water partition coefficient (Wildman–Crippen LogP) is 3.92. The van der Waals surface area contributed by atoms with Gasteiger partial charge in [-0.3, -0.25) is 14.2 Å². The first-order chi connectivity index (χ1) is 16.2. The molecule has 2 amide bonds. The molecule has 7 nitrogen and oxygen atoms in total. The van der Waals surface area contributed by atoms with E-state index < -0.39 is 52.6 Å². The maximum absolute atomic E-state index is 14.2. The minimum absolute atomic E-state index is 0.238. The molecule has 1 unspecified atom stereocenters. The predicted molar refractivity (Wildman–Crippen MR) is 119 cm³/mol. The first-order valence-electron chi connectivity index (χ1n) is 9.89. The van der Waals surface area contributed by atoms with Crippen LogP contribution in [-0.2, 0) is 16.1 Å². The highest BCUT2D eigenvalue weighted by Gasteiger charge is 2.22. The van der Waals surface area contributed by atoms with Crippen LogP contribution in [-0.4, -0.2) is 38.4 Å². The Hall–Kier alpha value is -3.67. The summed E-state index contributed by atoms with van der Waals surface area (Å²) in [5.74, 6) is -6.26. The minimum atomic E-state index is -1.72. The number of aromatic nitrogens is 3. The van der Waals surface area contributed by atoms with Crippen molar-refractivity contribution in [3.05, 3.63) is 72.3 Å². The van der Waals surface area contributed by atoms with E-state index in [9.17, 15) is 27.2 Å². The van der Waals surface area contributed by atoms with Gasteiger partial charge in [0.25, 0.3) is 0 Å². The van der Waals surface area contributed by atoms with E-state index in [0.717, 1.165) is 17.8 Å². The van der Waals surface area contributed by atoms with Crippen molar-refractivity contribution in [2.75, 3.05) is 11.9 Å². The second kappa shape index (κ2) is 11.0. The second-order valence-corrected chi connectivity index (χ2v) is 8.24. The van der Waals surface area contributed by atoms with E-state index in [0.29, 0.717) is 11.2 Å². The van der Waals surface area contributed by atoms with Crippen LogP contribution in [0.2, 0.25) is 0 Å². The van der Waals surface area contributed by atoms with Gasteiger partial charge in [0.15, 0.2) is 28.4 Å². The minimum Gasteiger partial charge on any atom is -0.346 e. The number of hydrogen-bond acceptors (Lipinski definition) is 5. The van der Waals surface area contributed by atoms with Crippen molar-refractivity contribution >= 4 is 29.3 Å². The molecule has 34 heavy (non-hydrogen) atoms. The number of nitrogens with zero attached hydrogens (tertiary/aromatic N) is 3. The van der Waals surface area contributed by atoms with Crippen molar-refractivity contribution in [2.24, 2.45) is 0 Å². The number of thioether (sulfide) groups is 1. The van der Waals surface area contributed by atoms with Gasteiger partial charge in [0.2, 0.25) is 11.8 Å². The summed E-state index contributed by atoms with van der Waals surface area (Å²) in [6.07, 6.45) is 1.57. The van der Waals surface area contributed by atoms with Crippen molar-refractivity contribution in [1.29, 1.82) is 0 Å². The van der Waals surface area contributed by atoms with Crippen LogP contribution in [0.25, 0.3) is 11.4 Å². The molecule has 1 aromatic heterocycles. The number of anilines is 1. The summed E-state index contributed by atoms with van der Waals surface area (Å²) in [6, 6.07) is 7.59. The SMILES string of the molecule is C=CCn1c(SC(C)C(=O)NCC(=O)Nc2ccc(F)c(F)c2F)nnc1-c1ccccc1F. The van der Waals surface area contributed by atoms with E-state index in [4.69, 9.17) is 0 Å². The smallest absolute Gasteiger partial charge is 0.243 e. The van der Waals surface area contributed by atoms with Gasteiger partial charge in [0.1, 0.15) is 5.82 Å². The molecular formula is C22H19F4N5O2S. The molecule has 12 heteroatoms. The summed E-state index contributed by atoms with van der Waals surface area (Å²) in [4.78, 5) is 24.4. The number of allylic oxidation sites excluding steroid dienone is 1. The molecule has 0 aliphatic carbocycles. The molecular weight excluding hydrogens is 474 g/mol. The zero-order chi connectivity index (χ0) is 24.8. The largest absolute Gasteiger partial charge is 0.346 e. The number of carbonyl (C=O) groups is 2. The molecule has 0 radical (unpaired) electrons. The lowest BCUT2D eigenvalue weighted by Crippen LogP contribution is -2.37. The van der Waals surface area contributed by atoms with Crippen LogP contribution >= 0.6 is 11.8 Å².